The van der Waals surface area contributed by atoms with Gasteiger partial charge in [0, 0.05) is 29.1 Å². The van der Waals surface area contributed by atoms with Gasteiger partial charge in [0.2, 0.25) is 0 Å². The number of anilines is 1. The van der Waals surface area contributed by atoms with Crippen LogP contribution in [-0.2, 0) is 4.79 Å². The van der Waals surface area contributed by atoms with Crippen LogP contribution in [0.2, 0.25) is 5.02 Å². The van der Waals surface area contributed by atoms with E-state index in [0.29, 0.717) is 5.02 Å². The lowest BCUT2D eigenvalue weighted by atomic mass is 9.94. The first-order valence-electron chi connectivity index (χ1n) is 11.2. The van der Waals surface area contributed by atoms with Gasteiger partial charge in [-0.05, 0) is 61.4 Å². The summed E-state index contributed by atoms with van der Waals surface area (Å²) in [7, 11) is 3.68. The Labute approximate surface area is 208 Å². The van der Waals surface area contributed by atoms with E-state index in [1.165, 1.54) is 18.2 Å². The number of hydrogen-bond donors (Lipinski definition) is 0. The molecule has 1 saturated heterocycles. The number of thioether (sulfide) groups is 2. The fraction of sp³-hybridized carbons (Fsp3) is 0.360. The molecular weight excluding hydrogens is 474 g/mol. The number of hydrogen-bond acceptors (Lipinski definition) is 6. The van der Waals surface area contributed by atoms with Gasteiger partial charge in [-0.2, -0.15) is 0 Å². The molecule has 1 aliphatic carbocycles. The Morgan fingerprint density at radius 1 is 1.09 bits per heavy atom. The molecule has 2 aromatic rings. The van der Waals surface area contributed by atoms with Crippen molar-refractivity contribution in [3.8, 4) is 5.75 Å². The molecule has 2 aromatic carbocycles. The molecule has 3 aliphatic rings. The fourth-order valence-electron chi connectivity index (χ4n) is 4.47. The molecule has 0 aromatic heterocycles. The van der Waals surface area contributed by atoms with Crippen molar-refractivity contribution in [2.75, 3.05) is 19.1 Å². The summed E-state index contributed by atoms with van der Waals surface area (Å²) in [6.07, 6.45) is 5.56. The van der Waals surface area contributed by atoms with Gasteiger partial charge < -0.3 is 9.64 Å². The Bertz CT molecular complexity index is 1170. The first-order chi connectivity index (χ1) is 16.0. The number of carbonyl (C=O) groups excluding carboxylic acids is 1. The predicted octanol–water partition coefficient (Wildman–Crippen LogP) is 6.96. The van der Waals surface area contributed by atoms with Gasteiger partial charge in [-0.3, -0.25) is 9.69 Å². The Kier molecular flexibility index (Phi) is 6.38. The van der Waals surface area contributed by atoms with E-state index in [0.717, 1.165) is 68.4 Å². The maximum atomic E-state index is 13.8. The number of halogens is 1. The monoisotopic (exact) mass is 499 g/mol. The highest BCUT2D eigenvalue weighted by Crippen LogP contribution is 2.51. The number of benzene rings is 2. The van der Waals surface area contributed by atoms with Crippen LogP contribution in [0.4, 0.5) is 11.4 Å². The van der Waals surface area contributed by atoms with Crippen molar-refractivity contribution < 1.29 is 9.53 Å². The number of carbonyl (C=O) groups is 1. The summed E-state index contributed by atoms with van der Waals surface area (Å²) in [5.41, 5.74) is 2.84. The zero-order chi connectivity index (χ0) is 23.1. The van der Waals surface area contributed by atoms with E-state index in [-0.39, 0.29) is 11.9 Å². The van der Waals surface area contributed by atoms with Crippen molar-refractivity contribution >= 4 is 57.6 Å². The zero-order valence-electron chi connectivity index (χ0n) is 18.9. The molecular formula is C25H26ClN3O2S2. The molecule has 1 amide bonds. The van der Waals surface area contributed by atoms with Gasteiger partial charge in [0.1, 0.15) is 10.7 Å². The van der Waals surface area contributed by atoms with Crippen molar-refractivity contribution in [2.24, 2.45) is 4.99 Å². The number of rotatable bonds is 3. The van der Waals surface area contributed by atoms with Crippen molar-refractivity contribution in [1.29, 1.82) is 0 Å². The summed E-state index contributed by atoms with van der Waals surface area (Å²) >= 11 is 9.46. The van der Waals surface area contributed by atoms with Crippen LogP contribution in [0.25, 0.3) is 0 Å². The second kappa shape index (κ2) is 9.28. The average Bonchev–Trinajstić information content (AvgIpc) is 3.32. The van der Waals surface area contributed by atoms with Crippen LogP contribution in [-0.4, -0.2) is 36.2 Å². The van der Waals surface area contributed by atoms with E-state index >= 15 is 0 Å². The first kappa shape index (κ1) is 22.7. The molecule has 0 N–H and O–H groups in total. The largest absolute Gasteiger partial charge is 0.497 e. The molecule has 0 unspecified atom stereocenters. The summed E-state index contributed by atoms with van der Waals surface area (Å²) in [5, 5.41) is 2.38. The van der Waals surface area contributed by atoms with Crippen LogP contribution < -0.4 is 9.64 Å². The minimum atomic E-state index is 0.0537. The number of ether oxygens (including phenoxy) is 1. The second-order valence-corrected chi connectivity index (χ2v) is 10.9. The summed E-state index contributed by atoms with van der Waals surface area (Å²) in [6, 6.07) is 12.0. The number of amidine groups is 1. The van der Waals surface area contributed by atoms with Crippen molar-refractivity contribution in [3.63, 3.8) is 0 Å². The van der Waals surface area contributed by atoms with E-state index in [4.69, 9.17) is 21.3 Å². The Morgan fingerprint density at radius 2 is 1.88 bits per heavy atom. The van der Waals surface area contributed by atoms with Gasteiger partial charge in [0.15, 0.2) is 5.17 Å². The Morgan fingerprint density at radius 3 is 2.61 bits per heavy atom. The molecule has 8 heteroatoms. The van der Waals surface area contributed by atoms with Gasteiger partial charge in [0.05, 0.1) is 23.5 Å². The second-order valence-electron chi connectivity index (χ2n) is 8.53. The van der Waals surface area contributed by atoms with Gasteiger partial charge in [-0.25, -0.2) is 4.99 Å². The van der Waals surface area contributed by atoms with Crippen LogP contribution in [0.3, 0.4) is 0 Å². The molecule has 0 atom stereocenters. The van der Waals surface area contributed by atoms with Gasteiger partial charge in [0.25, 0.3) is 5.91 Å². The standard InChI is InChI=1S/C25H26ClN3O2S2/c1-15-9-10-16(13-19(15)26)27-25-29(17-7-5-4-6-8-17)23(30)22(33-25)24-28(2)20-14-18(31-3)11-12-21(20)32-24/h9-14,17H,4-8H2,1-3H3. The third-order valence-corrected chi connectivity index (χ3v) is 9.18. The van der Waals surface area contributed by atoms with Gasteiger partial charge in [-0.15, -0.1) is 0 Å². The number of fused-ring (bicyclic) bond motifs is 1. The zero-order valence-corrected chi connectivity index (χ0v) is 21.3. The van der Waals surface area contributed by atoms with E-state index in [2.05, 4.69) is 11.0 Å². The van der Waals surface area contributed by atoms with E-state index in [9.17, 15) is 4.79 Å². The third-order valence-electron chi connectivity index (χ3n) is 6.37. The van der Waals surface area contributed by atoms with E-state index in [1.54, 1.807) is 18.9 Å². The molecule has 2 aliphatic heterocycles. The molecule has 2 fully saturated rings. The van der Waals surface area contributed by atoms with Crippen molar-refractivity contribution in [3.05, 3.63) is 56.9 Å². The minimum Gasteiger partial charge on any atom is -0.497 e. The fourth-order valence-corrected chi connectivity index (χ4v) is 7.03. The van der Waals surface area contributed by atoms with Crippen LogP contribution in [0.5, 0.6) is 5.75 Å². The molecule has 33 heavy (non-hydrogen) atoms. The molecule has 172 valence electrons. The van der Waals surface area contributed by atoms with E-state index < -0.39 is 0 Å². The molecule has 1 saturated carbocycles. The minimum absolute atomic E-state index is 0.0537. The number of aryl methyl sites for hydroxylation is 1. The number of aliphatic imine (C=N–C) groups is 1. The summed E-state index contributed by atoms with van der Waals surface area (Å²) in [4.78, 5) is 24.6. The number of methoxy groups -OCH3 is 1. The lowest BCUT2D eigenvalue weighted by Gasteiger charge is -2.30. The van der Waals surface area contributed by atoms with Crippen LogP contribution in [0, 0.1) is 6.92 Å². The highest BCUT2D eigenvalue weighted by atomic mass is 35.5. The maximum Gasteiger partial charge on any atom is 0.269 e. The quantitative estimate of drug-likeness (QED) is 0.427. The normalized spacial score (nSPS) is 22.4. The Balaban J connectivity index is 1.55. The molecule has 0 bridgehead atoms. The van der Waals surface area contributed by atoms with Gasteiger partial charge in [-0.1, -0.05) is 48.7 Å². The van der Waals surface area contributed by atoms with E-state index in [1.807, 2.05) is 49.2 Å². The lowest BCUT2D eigenvalue weighted by molar-refractivity contribution is -0.124. The van der Waals surface area contributed by atoms with Crippen molar-refractivity contribution in [2.45, 2.75) is 50.0 Å². The summed E-state index contributed by atoms with van der Waals surface area (Å²) in [6.45, 7) is 1.98. The number of nitrogens with zero attached hydrogens (tertiary/aromatic N) is 3. The lowest BCUT2D eigenvalue weighted by Crippen LogP contribution is -2.40. The summed E-state index contributed by atoms with van der Waals surface area (Å²) < 4.78 is 5.41. The summed E-state index contributed by atoms with van der Waals surface area (Å²) in [5.74, 6) is 0.859. The SMILES string of the molecule is COc1ccc2c(c1)N(C)C(=C1SC(=Nc3ccc(C)c(Cl)c3)N(C3CCCCC3)C1=O)S2. The predicted molar refractivity (Wildman–Crippen MR) is 139 cm³/mol. The highest BCUT2D eigenvalue weighted by Gasteiger charge is 2.42. The van der Waals surface area contributed by atoms with Crippen LogP contribution in [0.1, 0.15) is 37.7 Å². The first-order valence-corrected chi connectivity index (χ1v) is 13.2. The average molecular weight is 500 g/mol. The van der Waals surface area contributed by atoms with Crippen LogP contribution in [0.15, 0.2) is 56.2 Å². The molecule has 0 spiro atoms. The van der Waals surface area contributed by atoms with Gasteiger partial charge >= 0.3 is 0 Å². The molecule has 2 heterocycles. The molecule has 5 rings (SSSR count). The molecule has 5 nitrogen and oxygen atoms in total. The number of amides is 1. The topological polar surface area (TPSA) is 45.1 Å². The highest BCUT2D eigenvalue weighted by molar-refractivity contribution is 8.19. The Hall–Kier alpha value is -2.09. The molecule has 0 radical (unpaired) electrons. The van der Waals surface area contributed by atoms with Crippen LogP contribution >= 0.6 is 35.1 Å². The van der Waals surface area contributed by atoms with Crippen molar-refractivity contribution in [1.82, 2.24) is 4.90 Å². The smallest absolute Gasteiger partial charge is 0.269 e. The third kappa shape index (κ3) is 4.27. The maximum absolute atomic E-state index is 13.8.